The van der Waals surface area contributed by atoms with E-state index in [0.717, 1.165) is 0 Å². The Morgan fingerprint density at radius 1 is 1.06 bits per heavy atom. The molecule has 0 aliphatic rings. The summed E-state index contributed by atoms with van der Waals surface area (Å²) in [5.74, 6) is -5.88. The van der Waals surface area contributed by atoms with Crippen molar-refractivity contribution in [2.24, 2.45) is 0 Å². The fourth-order valence-electron chi connectivity index (χ4n) is 1.29. The molecule has 1 rings (SSSR count). The molecule has 0 amide bonds. The molecule has 0 saturated heterocycles. The Bertz CT molecular complexity index is 410. The number of rotatable bonds is 5. The third kappa shape index (κ3) is 2.91. The Labute approximate surface area is 91.3 Å². The van der Waals surface area contributed by atoms with Crippen molar-refractivity contribution in [3.8, 4) is 0 Å². The van der Waals surface area contributed by atoms with Crippen LogP contribution in [0.1, 0.15) is 17.9 Å². The minimum atomic E-state index is -1.89. The van der Waals surface area contributed by atoms with Crippen molar-refractivity contribution >= 4 is 17.7 Å². The van der Waals surface area contributed by atoms with Crippen LogP contribution in [0.3, 0.4) is 0 Å². The largest absolute Gasteiger partial charge is 0.549 e. The van der Waals surface area contributed by atoms with Crippen LogP contribution in [0.4, 0.5) is 0 Å². The average molecular weight is 220 g/mol. The Hall–Kier alpha value is -2.17. The Balaban J connectivity index is 2.89. The van der Waals surface area contributed by atoms with E-state index in [1.54, 1.807) is 18.2 Å². The highest BCUT2D eigenvalue weighted by Crippen LogP contribution is 2.18. The molecule has 0 radical (unpaired) electrons. The van der Waals surface area contributed by atoms with Crippen LogP contribution in [0.25, 0.3) is 0 Å². The molecular weight excluding hydrogens is 212 g/mol. The van der Waals surface area contributed by atoms with E-state index in [1.165, 1.54) is 12.1 Å². The highest BCUT2D eigenvalue weighted by atomic mass is 16.4. The molecule has 0 heterocycles. The topological polar surface area (TPSA) is 97.3 Å². The van der Waals surface area contributed by atoms with Gasteiger partial charge >= 0.3 is 0 Å². The molecule has 1 atom stereocenters. The van der Waals surface area contributed by atoms with E-state index in [4.69, 9.17) is 0 Å². The molecule has 1 aromatic rings. The molecule has 0 spiro atoms. The molecule has 0 saturated carbocycles. The molecule has 1 unspecified atom stereocenters. The van der Waals surface area contributed by atoms with Crippen LogP contribution in [0.2, 0.25) is 0 Å². The smallest absolute Gasteiger partial charge is 0.179 e. The zero-order valence-electron chi connectivity index (χ0n) is 8.21. The molecule has 0 aliphatic carbocycles. The second-order valence-corrected chi connectivity index (χ2v) is 3.20. The van der Waals surface area contributed by atoms with Crippen LogP contribution in [0, 0.1) is 0 Å². The maximum atomic E-state index is 10.9. The molecule has 5 nitrogen and oxygen atoms in total. The second kappa shape index (κ2) is 5.06. The van der Waals surface area contributed by atoms with Crippen molar-refractivity contribution in [2.75, 3.05) is 0 Å². The number of hydrogen-bond donors (Lipinski definition) is 0. The minimum Gasteiger partial charge on any atom is -0.549 e. The highest BCUT2D eigenvalue weighted by Gasteiger charge is 2.17. The van der Waals surface area contributed by atoms with Crippen LogP contribution in [0.15, 0.2) is 30.3 Å². The van der Waals surface area contributed by atoms with E-state index < -0.39 is 30.1 Å². The van der Waals surface area contributed by atoms with Gasteiger partial charge in [-0.05, 0) is 5.56 Å². The van der Waals surface area contributed by atoms with Gasteiger partial charge in [0, 0.05) is 18.3 Å². The summed E-state index contributed by atoms with van der Waals surface area (Å²) >= 11 is 0. The molecule has 5 heteroatoms. The fourth-order valence-corrected chi connectivity index (χ4v) is 1.29. The summed E-state index contributed by atoms with van der Waals surface area (Å²) in [7, 11) is 0. The number of carbonyl (C=O) groups excluding carboxylic acids is 3. The minimum absolute atomic E-state index is 0.331. The van der Waals surface area contributed by atoms with E-state index in [-0.39, 0.29) is 0 Å². The fraction of sp³-hybridized carbons (Fsp3) is 0.182. The van der Waals surface area contributed by atoms with Gasteiger partial charge < -0.3 is 19.8 Å². The van der Waals surface area contributed by atoms with Crippen molar-refractivity contribution in [3.63, 3.8) is 0 Å². The predicted octanol–water partition coefficient (Wildman–Crippen LogP) is -1.77. The third-order valence-electron chi connectivity index (χ3n) is 2.10. The third-order valence-corrected chi connectivity index (χ3v) is 2.10. The summed E-state index contributed by atoms with van der Waals surface area (Å²) in [4.78, 5) is 31.9. The first-order chi connectivity index (χ1) is 7.52. The van der Waals surface area contributed by atoms with Crippen molar-refractivity contribution in [1.29, 1.82) is 0 Å². The lowest BCUT2D eigenvalue weighted by Gasteiger charge is -2.17. The lowest BCUT2D eigenvalue weighted by atomic mass is 9.94. The first-order valence-electron chi connectivity index (χ1n) is 4.52. The van der Waals surface area contributed by atoms with E-state index in [9.17, 15) is 24.6 Å². The van der Waals surface area contributed by atoms with Crippen molar-refractivity contribution in [3.05, 3.63) is 35.9 Å². The molecule has 16 heavy (non-hydrogen) atoms. The lowest BCUT2D eigenvalue weighted by Crippen LogP contribution is -2.37. The molecular formula is C11H8O5-2. The molecule has 0 fully saturated rings. The lowest BCUT2D eigenvalue weighted by molar-refractivity contribution is -0.308. The number of carboxylic acid groups (broad SMARTS) is 2. The van der Waals surface area contributed by atoms with Crippen LogP contribution >= 0.6 is 0 Å². The first-order valence-corrected chi connectivity index (χ1v) is 4.52. The number of carboxylic acids is 2. The van der Waals surface area contributed by atoms with Gasteiger partial charge in [-0.15, -0.1) is 0 Å². The van der Waals surface area contributed by atoms with Gasteiger partial charge in [0.25, 0.3) is 0 Å². The van der Waals surface area contributed by atoms with E-state index >= 15 is 0 Å². The number of carbonyl (C=O) groups is 3. The maximum Gasteiger partial charge on any atom is 0.179 e. The van der Waals surface area contributed by atoms with E-state index in [2.05, 4.69) is 0 Å². The summed E-state index contributed by atoms with van der Waals surface area (Å²) in [6, 6.07) is 7.84. The summed E-state index contributed by atoms with van der Waals surface area (Å²) in [6.45, 7) is 0. The average Bonchev–Trinajstić information content (AvgIpc) is 2.26. The predicted molar refractivity (Wildman–Crippen MR) is 48.8 cm³/mol. The normalized spacial score (nSPS) is 11.8. The van der Waals surface area contributed by atoms with Gasteiger partial charge in [0.15, 0.2) is 5.78 Å². The maximum absolute atomic E-state index is 10.9. The van der Waals surface area contributed by atoms with E-state index in [0.29, 0.717) is 5.56 Å². The Kier molecular flexibility index (Phi) is 3.77. The monoisotopic (exact) mass is 220 g/mol. The molecule has 0 aliphatic heterocycles. The first kappa shape index (κ1) is 11.9. The zero-order chi connectivity index (χ0) is 12.1. The van der Waals surface area contributed by atoms with Crippen LogP contribution < -0.4 is 10.2 Å². The molecule has 1 aromatic carbocycles. The molecule has 0 N–H and O–H groups in total. The SMILES string of the molecule is O=C([O-])C(=O)CC(C(=O)[O-])c1ccccc1. The standard InChI is InChI=1S/C11H10O5/c12-9(11(15)16)6-8(10(13)14)7-4-2-1-3-5-7/h1-5,8H,6H2,(H,13,14)(H,15,16)/p-2. The van der Waals surface area contributed by atoms with Gasteiger partial charge in [0.1, 0.15) is 5.97 Å². The van der Waals surface area contributed by atoms with Crippen LogP contribution in [-0.4, -0.2) is 17.7 Å². The van der Waals surface area contributed by atoms with Gasteiger partial charge in [-0.2, -0.15) is 0 Å². The summed E-state index contributed by atoms with van der Waals surface area (Å²) < 4.78 is 0. The van der Waals surface area contributed by atoms with Crippen LogP contribution in [0.5, 0.6) is 0 Å². The van der Waals surface area contributed by atoms with Crippen molar-refractivity contribution in [2.45, 2.75) is 12.3 Å². The number of hydrogen-bond acceptors (Lipinski definition) is 5. The number of aliphatic carboxylic acids is 2. The van der Waals surface area contributed by atoms with Crippen molar-refractivity contribution in [1.82, 2.24) is 0 Å². The summed E-state index contributed by atoms with van der Waals surface area (Å²) in [5, 5.41) is 21.0. The van der Waals surface area contributed by atoms with Gasteiger partial charge in [0.2, 0.25) is 0 Å². The van der Waals surface area contributed by atoms with Crippen molar-refractivity contribution < 1.29 is 24.6 Å². The van der Waals surface area contributed by atoms with Crippen LogP contribution in [-0.2, 0) is 14.4 Å². The van der Waals surface area contributed by atoms with Gasteiger partial charge in [-0.1, -0.05) is 30.3 Å². The second-order valence-electron chi connectivity index (χ2n) is 3.20. The van der Waals surface area contributed by atoms with Gasteiger partial charge in [-0.3, -0.25) is 4.79 Å². The highest BCUT2D eigenvalue weighted by molar-refractivity contribution is 6.32. The Morgan fingerprint density at radius 2 is 1.62 bits per heavy atom. The summed E-state index contributed by atoms with van der Waals surface area (Å²) in [5.41, 5.74) is 0.331. The molecule has 0 bridgehead atoms. The molecule has 0 aromatic heterocycles. The quantitative estimate of drug-likeness (QED) is 0.547. The number of ketones is 1. The molecule has 84 valence electrons. The number of benzene rings is 1. The van der Waals surface area contributed by atoms with Gasteiger partial charge in [-0.25, -0.2) is 0 Å². The summed E-state index contributed by atoms with van der Waals surface area (Å²) in [6.07, 6.45) is -0.658. The van der Waals surface area contributed by atoms with Gasteiger partial charge in [0.05, 0.1) is 0 Å². The Morgan fingerprint density at radius 3 is 2.06 bits per heavy atom. The number of Topliss-reactive ketones (excluding diaryl/α,β-unsaturated/α-hetero) is 1. The van der Waals surface area contributed by atoms with E-state index in [1.807, 2.05) is 0 Å². The zero-order valence-corrected chi connectivity index (χ0v) is 8.21.